The predicted octanol–water partition coefficient (Wildman–Crippen LogP) is 1.54. The van der Waals surface area contributed by atoms with Gasteiger partial charge in [0.15, 0.2) is 0 Å². The van der Waals surface area contributed by atoms with Crippen molar-refractivity contribution in [2.24, 2.45) is 18.7 Å². The molecular weight excluding hydrogens is 224 g/mol. The minimum Gasteiger partial charge on any atom is -0.328 e. The SMILES string of the molecule is CCc1cc(CN2CCCC(C(C)N)C2)n(C)n1. The van der Waals surface area contributed by atoms with Crippen molar-refractivity contribution < 1.29 is 0 Å². The average Bonchev–Trinajstić information content (AvgIpc) is 2.70. The van der Waals surface area contributed by atoms with Crippen LogP contribution in [0, 0.1) is 5.92 Å². The van der Waals surface area contributed by atoms with E-state index in [2.05, 4.69) is 29.9 Å². The highest BCUT2D eigenvalue weighted by molar-refractivity contribution is 5.10. The Kier molecular flexibility index (Phi) is 4.40. The molecular formula is C14H26N4. The second kappa shape index (κ2) is 5.85. The quantitative estimate of drug-likeness (QED) is 0.882. The zero-order chi connectivity index (χ0) is 13.1. The number of likely N-dealkylation sites (tertiary alicyclic amines) is 1. The summed E-state index contributed by atoms with van der Waals surface area (Å²) in [7, 11) is 2.04. The summed E-state index contributed by atoms with van der Waals surface area (Å²) in [6.07, 6.45) is 3.56. The smallest absolute Gasteiger partial charge is 0.0625 e. The minimum absolute atomic E-state index is 0.311. The van der Waals surface area contributed by atoms with E-state index in [0.29, 0.717) is 12.0 Å². The van der Waals surface area contributed by atoms with Crippen molar-refractivity contribution in [3.05, 3.63) is 17.5 Å². The highest BCUT2D eigenvalue weighted by atomic mass is 15.3. The number of piperidine rings is 1. The van der Waals surface area contributed by atoms with E-state index >= 15 is 0 Å². The molecule has 1 aromatic heterocycles. The average molecular weight is 250 g/mol. The zero-order valence-electron chi connectivity index (χ0n) is 11.9. The molecule has 0 aromatic carbocycles. The van der Waals surface area contributed by atoms with E-state index in [0.717, 1.165) is 19.5 Å². The van der Waals surface area contributed by atoms with Gasteiger partial charge in [0.1, 0.15) is 0 Å². The first kappa shape index (κ1) is 13.6. The molecule has 18 heavy (non-hydrogen) atoms. The standard InChI is InChI=1S/C14H26N4/c1-4-13-8-14(17(3)16-13)10-18-7-5-6-12(9-18)11(2)15/h8,11-12H,4-7,9-10,15H2,1-3H3. The number of hydrogen-bond donors (Lipinski definition) is 1. The van der Waals surface area contributed by atoms with Crippen molar-refractivity contribution in [1.82, 2.24) is 14.7 Å². The summed E-state index contributed by atoms with van der Waals surface area (Å²) in [6.45, 7) is 7.61. The van der Waals surface area contributed by atoms with Gasteiger partial charge in [-0.1, -0.05) is 6.92 Å². The first-order valence-electron chi connectivity index (χ1n) is 7.10. The fourth-order valence-corrected chi connectivity index (χ4v) is 2.79. The second-order valence-corrected chi connectivity index (χ2v) is 5.60. The number of rotatable bonds is 4. The molecule has 1 aliphatic heterocycles. The van der Waals surface area contributed by atoms with Gasteiger partial charge >= 0.3 is 0 Å². The van der Waals surface area contributed by atoms with E-state index in [-0.39, 0.29) is 0 Å². The molecule has 2 rings (SSSR count). The number of aryl methyl sites for hydroxylation is 2. The largest absolute Gasteiger partial charge is 0.328 e. The summed E-state index contributed by atoms with van der Waals surface area (Å²) < 4.78 is 2.02. The summed E-state index contributed by atoms with van der Waals surface area (Å²) in [5.41, 5.74) is 8.54. The van der Waals surface area contributed by atoms with Gasteiger partial charge in [-0.05, 0) is 44.7 Å². The number of hydrogen-bond acceptors (Lipinski definition) is 3. The van der Waals surface area contributed by atoms with E-state index in [9.17, 15) is 0 Å². The van der Waals surface area contributed by atoms with Crippen molar-refractivity contribution >= 4 is 0 Å². The Hall–Kier alpha value is -0.870. The van der Waals surface area contributed by atoms with Gasteiger partial charge < -0.3 is 5.73 Å². The van der Waals surface area contributed by atoms with Crippen molar-refractivity contribution in [2.45, 2.75) is 45.7 Å². The third-order valence-electron chi connectivity index (χ3n) is 4.06. The molecule has 0 saturated carbocycles. The summed E-state index contributed by atoms with van der Waals surface area (Å²) >= 11 is 0. The maximum Gasteiger partial charge on any atom is 0.0625 e. The maximum atomic E-state index is 6.03. The van der Waals surface area contributed by atoms with E-state index in [1.54, 1.807) is 0 Å². The normalized spacial score (nSPS) is 23.2. The Labute approximate surface area is 110 Å². The van der Waals surface area contributed by atoms with Gasteiger partial charge in [-0.25, -0.2) is 0 Å². The molecule has 2 heterocycles. The highest BCUT2D eigenvalue weighted by Gasteiger charge is 2.23. The van der Waals surface area contributed by atoms with E-state index < -0.39 is 0 Å². The Bertz CT molecular complexity index is 383. The Morgan fingerprint density at radius 3 is 2.94 bits per heavy atom. The van der Waals surface area contributed by atoms with Crippen LogP contribution in [0.25, 0.3) is 0 Å². The summed E-state index contributed by atoms with van der Waals surface area (Å²) in [5, 5.41) is 4.51. The molecule has 2 N–H and O–H groups in total. The van der Waals surface area contributed by atoms with Crippen LogP contribution >= 0.6 is 0 Å². The number of aromatic nitrogens is 2. The van der Waals surface area contributed by atoms with E-state index in [4.69, 9.17) is 5.73 Å². The molecule has 0 aliphatic carbocycles. The summed E-state index contributed by atoms with van der Waals surface area (Å²) in [4.78, 5) is 2.52. The fraction of sp³-hybridized carbons (Fsp3) is 0.786. The maximum absolute atomic E-state index is 6.03. The van der Waals surface area contributed by atoms with Crippen molar-refractivity contribution in [2.75, 3.05) is 13.1 Å². The van der Waals surface area contributed by atoms with Crippen LogP contribution in [0.5, 0.6) is 0 Å². The molecule has 4 heteroatoms. The predicted molar refractivity (Wildman–Crippen MR) is 74.2 cm³/mol. The van der Waals surface area contributed by atoms with Crippen LogP contribution in [0.1, 0.15) is 38.1 Å². The zero-order valence-corrected chi connectivity index (χ0v) is 11.9. The Balaban J connectivity index is 1.98. The van der Waals surface area contributed by atoms with Crippen LogP contribution in [0.2, 0.25) is 0 Å². The third kappa shape index (κ3) is 3.12. The lowest BCUT2D eigenvalue weighted by Crippen LogP contribution is -2.42. The van der Waals surface area contributed by atoms with Crippen molar-refractivity contribution in [3.63, 3.8) is 0 Å². The van der Waals surface area contributed by atoms with Crippen molar-refractivity contribution in [3.8, 4) is 0 Å². The second-order valence-electron chi connectivity index (χ2n) is 5.60. The molecule has 1 aliphatic rings. The molecule has 1 aromatic rings. The lowest BCUT2D eigenvalue weighted by atomic mass is 9.92. The molecule has 2 atom stereocenters. The summed E-state index contributed by atoms with van der Waals surface area (Å²) in [6, 6.07) is 2.54. The van der Waals surface area contributed by atoms with Crippen LogP contribution in [0.4, 0.5) is 0 Å². The molecule has 1 saturated heterocycles. The van der Waals surface area contributed by atoms with Gasteiger partial charge in [0.25, 0.3) is 0 Å². The monoisotopic (exact) mass is 250 g/mol. The molecule has 1 fully saturated rings. The lowest BCUT2D eigenvalue weighted by Gasteiger charge is -2.34. The molecule has 0 amide bonds. The third-order valence-corrected chi connectivity index (χ3v) is 4.06. The van der Waals surface area contributed by atoms with Crippen LogP contribution in [0.3, 0.4) is 0 Å². The first-order valence-corrected chi connectivity index (χ1v) is 7.10. The Morgan fingerprint density at radius 2 is 2.33 bits per heavy atom. The molecule has 102 valence electrons. The van der Waals surface area contributed by atoms with Gasteiger partial charge in [-0.2, -0.15) is 5.10 Å². The van der Waals surface area contributed by atoms with E-state index in [1.807, 2.05) is 11.7 Å². The van der Waals surface area contributed by atoms with Gasteiger partial charge in [-0.15, -0.1) is 0 Å². The van der Waals surface area contributed by atoms with Crippen LogP contribution in [-0.4, -0.2) is 33.8 Å². The summed E-state index contributed by atoms with van der Waals surface area (Å²) in [5.74, 6) is 0.651. The first-order chi connectivity index (χ1) is 8.60. The topological polar surface area (TPSA) is 47.1 Å². The fourth-order valence-electron chi connectivity index (χ4n) is 2.79. The molecule has 0 bridgehead atoms. The number of nitrogens with two attached hydrogens (primary N) is 1. The lowest BCUT2D eigenvalue weighted by molar-refractivity contribution is 0.151. The molecule has 4 nitrogen and oxygen atoms in total. The van der Waals surface area contributed by atoms with Crippen LogP contribution in [0.15, 0.2) is 6.07 Å². The van der Waals surface area contributed by atoms with Crippen LogP contribution < -0.4 is 5.73 Å². The van der Waals surface area contributed by atoms with E-state index in [1.165, 1.54) is 30.8 Å². The van der Waals surface area contributed by atoms with Gasteiger partial charge in [0.05, 0.1) is 11.4 Å². The van der Waals surface area contributed by atoms with Crippen molar-refractivity contribution in [1.29, 1.82) is 0 Å². The highest BCUT2D eigenvalue weighted by Crippen LogP contribution is 2.20. The molecule has 0 spiro atoms. The number of nitrogens with zero attached hydrogens (tertiary/aromatic N) is 3. The molecule has 2 unspecified atom stereocenters. The van der Waals surface area contributed by atoms with Gasteiger partial charge in [0, 0.05) is 26.2 Å². The Morgan fingerprint density at radius 1 is 1.56 bits per heavy atom. The van der Waals surface area contributed by atoms with Gasteiger partial charge in [-0.3, -0.25) is 9.58 Å². The van der Waals surface area contributed by atoms with Crippen LogP contribution in [-0.2, 0) is 20.0 Å². The molecule has 0 radical (unpaired) electrons. The minimum atomic E-state index is 0.311. The van der Waals surface area contributed by atoms with Gasteiger partial charge in [0.2, 0.25) is 0 Å².